The molecule has 0 heterocycles. The third-order valence-electron chi connectivity index (χ3n) is 2.80. The molecule has 16 heavy (non-hydrogen) atoms. The summed E-state index contributed by atoms with van der Waals surface area (Å²) in [6.45, 7) is 14.5. The normalized spacial score (nSPS) is 12.7. The SMILES string of the molecule is C=C(C)C(C)=NNC(C)(C)CCCCCC. The van der Waals surface area contributed by atoms with Crippen molar-refractivity contribution in [3.8, 4) is 0 Å². The molecule has 0 unspecified atom stereocenters. The average Bonchev–Trinajstić information content (AvgIpc) is 2.21. The molecular formula is C14H28N2. The topological polar surface area (TPSA) is 24.4 Å². The molecule has 94 valence electrons. The van der Waals surface area contributed by atoms with E-state index in [2.05, 4.69) is 37.9 Å². The second kappa shape index (κ2) is 7.48. The van der Waals surface area contributed by atoms with E-state index < -0.39 is 0 Å². The Hall–Kier alpha value is -0.790. The number of rotatable bonds is 8. The van der Waals surface area contributed by atoms with Gasteiger partial charge in [0.25, 0.3) is 0 Å². The molecule has 0 fully saturated rings. The van der Waals surface area contributed by atoms with Crippen LogP contribution >= 0.6 is 0 Å². The van der Waals surface area contributed by atoms with E-state index in [1.54, 1.807) is 0 Å². The zero-order chi connectivity index (χ0) is 12.6. The number of nitrogens with zero attached hydrogens (tertiary/aromatic N) is 1. The second-order valence-corrected chi connectivity index (χ2v) is 5.28. The highest BCUT2D eigenvalue weighted by molar-refractivity contribution is 5.96. The van der Waals surface area contributed by atoms with Crippen molar-refractivity contribution in [2.45, 2.75) is 72.3 Å². The van der Waals surface area contributed by atoms with Gasteiger partial charge in [0.2, 0.25) is 0 Å². The molecule has 0 saturated heterocycles. The van der Waals surface area contributed by atoms with Gasteiger partial charge in [-0.05, 0) is 39.7 Å². The summed E-state index contributed by atoms with van der Waals surface area (Å²) < 4.78 is 0. The fraction of sp³-hybridized carbons (Fsp3) is 0.786. The van der Waals surface area contributed by atoms with E-state index in [0.29, 0.717) is 0 Å². The Balaban J connectivity index is 3.95. The summed E-state index contributed by atoms with van der Waals surface area (Å²) in [5.41, 5.74) is 5.34. The summed E-state index contributed by atoms with van der Waals surface area (Å²) in [7, 11) is 0. The molecular weight excluding hydrogens is 196 g/mol. The summed E-state index contributed by atoms with van der Waals surface area (Å²) in [5.74, 6) is 0. The molecule has 0 atom stereocenters. The molecule has 0 aliphatic rings. The van der Waals surface area contributed by atoms with E-state index in [0.717, 1.165) is 11.3 Å². The highest BCUT2D eigenvalue weighted by atomic mass is 15.3. The van der Waals surface area contributed by atoms with Gasteiger partial charge in [0.1, 0.15) is 0 Å². The van der Waals surface area contributed by atoms with Crippen LogP contribution in [0.4, 0.5) is 0 Å². The molecule has 0 radical (unpaired) electrons. The Bertz CT molecular complexity index is 239. The van der Waals surface area contributed by atoms with Crippen molar-refractivity contribution in [1.29, 1.82) is 0 Å². The molecule has 0 saturated carbocycles. The van der Waals surface area contributed by atoms with Crippen LogP contribution < -0.4 is 5.43 Å². The van der Waals surface area contributed by atoms with Crippen molar-refractivity contribution in [1.82, 2.24) is 5.43 Å². The molecule has 0 aromatic rings. The molecule has 0 aromatic heterocycles. The van der Waals surface area contributed by atoms with E-state index in [1.165, 1.54) is 32.1 Å². The highest BCUT2D eigenvalue weighted by Gasteiger charge is 2.15. The lowest BCUT2D eigenvalue weighted by molar-refractivity contribution is 0.356. The third-order valence-corrected chi connectivity index (χ3v) is 2.80. The van der Waals surface area contributed by atoms with Crippen molar-refractivity contribution < 1.29 is 0 Å². The van der Waals surface area contributed by atoms with Crippen LogP contribution in [0.25, 0.3) is 0 Å². The first-order valence-electron chi connectivity index (χ1n) is 6.36. The molecule has 2 nitrogen and oxygen atoms in total. The number of hydrazone groups is 1. The zero-order valence-corrected chi connectivity index (χ0v) is 11.7. The minimum atomic E-state index is 0.0877. The predicted octanol–water partition coefficient (Wildman–Crippen LogP) is 4.28. The number of hydrogen-bond acceptors (Lipinski definition) is 2. The molecule has 0 bridgehead atoms. The lowest BCUT2D eigenvalue weighted by Gasteiger charge is -2.24. The fourth-order valence-corrected chi connectivity index (χ4v) is 1.38. The maximum absolute atomic E-state index is 4.36. The largest absolute Gasteiger partial charge is 0.304 e. The Labute approximate surface area is 101 Å². The van der Waals surface area contributed by atoms with Gasteiger partial charge in [0.15, 0.2) is 0 Å². The van der Waals surface area contributed by atoms with Gasteiger partial charge in [-0.25, -0.2) is 0 Å². The van der Waals surface area contributed by atoms with Crippen LogP contribution in [0.2, 0.25) is 0 Å². The van der Waals surface area contributed by atoms with Crippen molar-refractivity contribution >= 4 is 5.71 Å². The van der Waals surface area contributed by atoms with Crippen molar-refractivity contribution in [2.24, 2.45) is 5.10 Å². The van der Waals surface area contributed by atoms with Crippen molar-refractivity contribution in [3.05, 3.63) is 12.2 Å². The van der Waals surface area contributed by atoms with Crippen LogP contribution in [-0.2, 0) is 0 Å². The van der Waals surface area contributed by atoms with Crippen molar-refractivity contribution in [3.63, 3.8) is 0 Å². The Kier molecular flexibility index (Phi) is 7.11. The monoisotopic (exact) mass is 224 g/mol. The van der Waals surface area contributed by atoms with E-state index in [-0.39, 0.29) is 5.54 Å². The number of allylic oxidation sites excluding steroid dienone is 1. The molecule has 2 heteroatoms. The Morgan fingerprint density at radius 3 is 2.31 bits per heavy atom. The van der Waals surface area contributed by atoms with Gasteiger partial charge in [0.05, 0.1) is 5.71 Å². The quantitative estimate of drug-likeness (QED) is 0.371. The minimum absolute atomic E-state index is 0.0877. The molecule has 0 aliphatic heterocycles. The standard InChI is InChI=1S/C14H28N2/c1-7-8-9-10-11-14(5,6)16-15-13(4)12(2)3/h16H,2,7-11H2,1,3-6H3. The number of nitrogens with one attached hydrogen (secondary N) is 1. The molecule has 1 N–H and O–H groups in total. The second-order valence-electron chi connectivity index (χ2n) is 5.28. The zero-order valence-electron chi connectivity index (χ0n) is 11.7. The number of unbranched alkanes of at least 4 members (excludes halogenated alkanes) is 3. The fourth-order valence-electron chi connectivity index (χ4n) is 1.38. The van der Waals surface area contributed by atoms with Crippen LogP contribution in [0.1, 0.15) is 66.7 Å². The van der Waals surface area contributed by atoms with E-state index in [9.17, 15) is 0 Å². The van der Waals surface area contributed by atoms with Gasteiger partial charge < -0.3 is 5.43 Å². The first-order valence-corrected chi connectivity index (χ1v) is 6.36. The summed E-state index contributed by atoms with van der Waals surface area (Å²) in [6.07, 6.45) is 6.39. The van der Waals surface area contributed by atoms with Gasteiger partial charge >= 0.3 is 0 Å². The molecule has 0 spiro atoms. The smallest absolute Gasteiger partial charge is 0.0595 e. The lowest BCUT2D eigenvalue weighted by Crippen LogP contribution is -2.36. The van der Waals surface area contributed by atoms with Crippen LogP contribution in [0.5, 0.6) is 0 Å². The van der Waals surface area contributed by atoms with Crippen LogP contribution in [0.15, 0.2) is 17.3 Å². The van der Waals surface area contributed by atoms with E-state index >= 15 is 0 Å². The minimum Gasteiger partial charge on any atom is -0.304 e. The maximum atomic E-state index is 4.36. The summed E-state index contributed by atoms with van der Waals surface area (Å²) >= 11 is 0. The first kappa shape index (κ1) is 15.2. The molecule has 0 rings (SSSR count). The molecule has 0 aromatic carbocycles. The first-order chi connectivity index (χ1) is 7.39. The third kappa shape index (κ3) is 7.49. The predicted molar refractivity (Wildman–Crippen MR) is 73.9 cm³/mol. The van der Waals surface area contributed by atoms with Crippen LogP contribution in [0, 0.1) is 0 Å². The van der Waals surface area contributed by atoms with E-state index in [1.807, 2.05) is 13.8 Å². The summed E-state index contributed by atoms with van der Waals surface area (Å²) in [4.78, 5) is 0. The summed E-state index contributed by atoms with van der Waals surface area (Å²) in [5, 5.41) is 4.36. The highest BCUT2D eigenvalue weighted by Crippen LogP contribution is 2.14. The van der Waals surface area contributed by atoms with Crippen molar-refractivity contribution in [2.75, 3.05) is 0 Å². The molecule has 0 aliphatic carbocycles. The van der Waals surface area contributed by atoms with Gasteiger partial charge in [0, 0.05) is 5.54 Å². The maximum Gasteiger partial charge on any atom is 0.0595 e. The Morgan fingerprint density at radius 1 is 1.19 bits per heavy atom. The number of hydrogen-bond donors (Lipinski definition) is 1. The summed E-state index contributed by atoms with van der Waals surface area (Å²) in [6, 6.07) is 0. The van der Waals surface area contributed by atoms with Gasteiger partial charge in [-0.15, -0.1) is 0 Å². The van der Waals surface area contributed by atoms with Gasteiger partial charge in [-0.2, -0.15) is 5.10 Å². The van der Waals surface area contributed by atoms with Crippen LogP contribution in [-0.4, -0.2) is 11.3 Å². The van der Waals surface area contributed by atoms with Crippen LogP contribution in [0.3, 0.4) is 0 Å². The Morgan fingerprint density at radius 2 is 1.81 bits per heavy atom. The van der Waals surface area contributed by atoms with Gasteiger partial charge in [-0.3, -0.25) is 0 Å². The van der Waals surface area contributed by atoms with E-state index in [4.69, 9.17) is 0 Å². The lowest BCUT2D eigenvalue weighted by atomic mass is 9.97. The average molecular weight is 224 g/mol. The molecule has 0 amide bonds. The van der Waals surface area contributed by atoms with Gasteiger partial charge in [-0.1, -0.05) is 39.2 Å².